The van der Waals surface area contributed by atoms with E-state index >= 15 is 0 Å². The molecule has 0 aliphatic carbocycles. The maximum absolute atomic E-state index is 10.4. The van der Waals surface area contributed by atoms with Gasteiger partial charge in [-0.05, 0) is 35.4 Å². The van der Waals surface area contributed by atoms with Crippen LogP contribution in [0.1, 0.15) is 17.2 Å². The Morgan fingerprint density at radius 3 is 2.09 bits per heavy atom. The molecule has 3 rings (SSSR count). The highest BCUT2D eigenvalue weighted by Gasteiger charge is 2.09. The second kappa shape index (κ2) is 6.92. The Kier molecular flexibility index (Phi) is 4.52. The minimum Gasteiger partial charge on any atom is -0.457 e. The summed E-state index contributed by atoms with van der Waals surface area (Å²) in [5, 5.41) is 10.4. The lowest BCUT2D eigenvalue weighted by molar-refractivity contribution is 0.178. The van der Waals surface area contributed by atoms with Crippen molar-refractivity contribution in [3.05, 3.63) is 96.1 Å². The van der Waals surface area contributed by atoms with Crippen LogP contribution in [0.5, 0.6) is 11.5 Å². The first-order valence-corrected chi connectivity index (χ1v) is 7.36. The SMILES string of the molecule is OC(Cc1ccccc1)c1cccc(Oc2ccccc2)c1. The number of hydrogen-bond donors (Lipinski definition) is 1. The van der Waals surface area contributed by atoms with E-state index in [0.29, 0.717) is 6.42 Å². The molecule has 0 aromatic heterocycles. The molecule has 3 aromatic carbocycles. The summed E-state index contributed by atoms with van der Waals surface area (Å²) in [6.45, 7) is 0. The normalized spacial score (nSPS) is 11.9. The van der Waals surface area contributed by atoms with Crippen LogP contribution in [0, 0.1) is 0 Å². The van der Waals surface area contributed by atoms with Gasteiger partial charge in [0.15, 0.2) is 0 Å². The molecule has 0 saturated heterocycles. The van der Waals surface area contributed by atoms with E-state index < -0.39 is 6.10 Å². The van der Waals surface area contributed by atoms with E-state index in [9.17, 15) is 5.11 Å². The van der Waals surface area contributed by atoms with Gasteiger partial charge in [0.1, 0.15) is 11.5 Å². The lowest BCUT2D eigenvalue weighted by Gasteiger charge is -2.13. The minimum atomic E-state index is -0.540. The minimum absolute atomic E-state index is 0.540. The van der Waals surface area contributed by atoms with E-state index in [2.05, 4.69) is 0 Å². The molecule has 0 aliphatic heterocycles. The van der Waals surface area contributed by atoms with Gasteiger partial charge in [0.05, 0.1) is 6.10 Å². The molecule has 0 aliphatic rings. The summed E-state index contributed by atoms with van der Waals surface area (Å²) in [4.78, 5) is 0. The van der Waals surface area contributed by atoms with E-state index in [0.717, 1.165) is 22.6 Å². The average Bonchev–Trinajstić information content (AvgIpc) is 2.57. The molecular weight excluding hydrogens is 272 g/mol. The van der Waals surface area contributed by atoms with Gasteiger partial charge in [0, 0.05) is 6.42 Å². The van der Waals surface area contributed by atoms with Crippen molar-refractivity contribution >= 4 is 0 Å². The van der Waals surface area contributed by atoms with Crippen molar-refractivity contribution in [2.45, 2.75) is 12.5 Å². The predicted octanol–water partition coefficient (Wildman–Crippen LogP) is 4.76. The van der Waals surface area contributed by atoms with Crippen molar-refractivity contribution < 1.29 is 9.84 Å². The number of para-hydroxylation sites is 1. The molecule has 2 heteroatoms. The standard InChI is InChI=1S/C20H18O2/c21-20(14-16-8-3-1-4-9-16)17-10-7-13-19(15-17)22-18-11-5-2-6-12-18/h1-13,15,20-21H,14H2. The first-order valence-electron chi connectivity index (χ1n) is 7.36. The Labute approximate surface area is 130 Å². The highest BCUT2D eigenvalue weighted by Crippen LogP contribution is 2.26. The second-order valence-corrected chi connectivity index (χ2v) is 5.19. The van der Waals surface area contributed by atoms with Crippen LogP contribution in [-0.4, -0.2) is 5.11 Å². The zero-order valence-electron chi connectivity index (χ0n) is 12.2. The largest absolute Gasteiger partial charge is 0.457 e. The van der Waals surface area contributed by atoms with E-state index in [-0.39, 0.29) is 0 Å². The van der Waals surface area contributed by atoms with Crippen molar-refractivity contribution in [2.24, 2.45) is 0 Å². The number of hydrogen-bond acceptors (Lipinski definition) is 2. The lowest BCUT2D eigenvalue weighted by atomic mass is 10.0. The van der Waals surface area contributed by atoms with Crippen LogP contribution in [-0.2, 0) is 6.42 Å². The van der Waals surface area contributed by atoms with Gasteiger partial charge in [0.25, 0.3) is 0 Å². The topological polar surface area (TPSA) is 29.5 Å². The smallest absolute Gasteiger partial charge is 0.127 e. The summed E-state index contributed by atoms with van der Waals surface area (Å²) in [5.74, 6) is 1.52. The molecule has 0 bridgehead atoms. The van der Waals surface area contributed by atoms with E-state index in [1.807, 2.05) is 84.9 Å². The monoisotopic (exact) mass is 290 g/mol. The van der Waals surface area contributed by atoms with Crippen LogP contribution in [0.25, 0.3) is 0 Å². The molecule has 22 heavy (non-hydrogen) atoms. The molecule has 1 unspecified atom stereocenters. The van der Waals surface area contributed by atoms with Crippen molar-refractivity contribution in [2.75, 3.05) is 0 Å². The Morgan fingerprint density at radius 1 is 0.727 bits per heavy atom. The molecule has 0 amide bonds. The summed E-state index contributed by atoms with van der Waals surface area (Å²) in [7, 11) is 0. The van der Waals surface area contributed by atoms with Crippen LogP contribution in [0.2, 0.25) is 0 Å². The van der Waals surface area contributed by atoms with Crippen LogP contribution in [0.3, 0.4) is 0 Å². The second-order valence-electron chi connectivity index (χ2n) is 5.19. The van der Waals surface area contributed by atoms with Gasteiger partial charge in [-0.15, -0.1) is 0 Å². The number of aliphatic hydroxyl groups is 1. The highest BCUT2D eigenvalue weighted by atomic mass is 16.5. The third-order valence-corrected chi connectivity index (χ3v) is 3.49. The number of aliphatic hydroxyl groups excluding tert-OH is 1. The number of ether oxygens (including phenoxy) is 1. The summed E-state index contributed by atoms with van der Waals surface area (Å²) in [5.41, 5.74) is 1.97. The van der Waals surface area contributed by atoms with Crippen LogP contribution < -0.4 is 4.74 Å². The fourth-order valence-electron chi connectivity index (χ4n) is 2.37. The molecule has 1 atom stereocenters. The van der Waals surface area contributed by atoms with Gasteiger partial charge in [-0.1, -0.05) is 60.7 Å². The van der Waals surface area contributed by atoms with Crippen LogP contribution >= 0.6 is 0 Å². The number of benzene rings is 3. The van der Waals surface area contributed by atoms with Crippen molar-refractivity contribution in [3.8, 4) is 11.5 Å². The zero-order valence-corrected chi connectivity index (χ0v) is 12.2. The summed E-state index contributed by atoms with van der Waals surface area (Å²) in [6, 6.07) is 27.2. The Balaban J connectivity index is 1.73. The third-order valence-electron chi connectivity index (χ3n) is 3.49. The molecule has 0 heterocycles. The van der Waals surface area contributed by atoms with Gasteiger partial charge in [-0.2, -0.15) is 0 Å². The average molecular weight is 290 g/mol. The van der Waals surface area contributed by atoms with Gasteiger partial charge in [0.2, 0.25) is 0 Å². The van der Waals surface area contributed by atoms with E-state index in [4.69, 9.17) is 4.74 Å². The lowest BCUT2D eigenvalue weighted by Crippen LogP contribution is -2.01. The van der Waals surface area contributed by atoms with Gasteiger partial charge in [-0.3, -0.25) is 0 Å². The zero-order chi connectivity index (χ0) is 15.2. The summed E-state index contributed by atoms with van der Waals surface area (Å²) >= 11 is 0. The van der Waals surface area contributed by atoms with Crippen LogP contribution in [0.15, 0.2) is 84.9 Å². The van der Waals surface area contributed by atoms with Crippen molar-refractivity contribution in [3.63, 3.8) is 0 Å². The van der Waals surface area contributed by atoms with Crippen LogP contribution in [0.4, 0.5) is 0 Å². The molecule has 2 nitrogen and oxygen atoms in total. The maximum atomic E-state index is 10.4. The molecule has 0 radical (unpaired) electrons. The molecule has 0 saturated carbocycles. The van der Waals surface area contributed by atoms with Gasteiger partial charge >= 0.3 is 0 Å². The van der Waals surface area contributed by atoms with Gasteiger partial charge in [-0.25, -0.2) is 0 Å². The van der Waals surface area contributed by atoms with Gasteiger partial charge < -0.3 is 9.84 Å². The summed E-state index contributed by atoms with van der Waals surface area (Å²) in [6.07, 6.45) is 0.0528. The molecule has 1 N–H and O–H groups in total. The fourth-order valence-corrected chi connectivity index (χ4v) is 2.37. The van der Waals surface area contributed by atoms with E-state index in [1.54, 1.807) is 0 Å². The Hall–Kier alpha value is -2.58. The summed E-state index contributed by atoms with van der Waals surface area (Å²) < 4.78 is 5.81. The van der Waals surface area contributed by atoms with Crippen molar-refractivity contribution in [1.82, 2.24) is 0 Å². The molecule has 3 aromatic rings. The first-order chi connectivity index (χ1) is 10.8. The predicted molar refractivity (Wildman–Crippen MR) is 88.1 cm³/mol. The highest BCUT2D eigenvalue weighted by molar-refractivity contribution is 5.35. The Morgan fingerprint density at radius 2 is 1.36 bits per heavy atom. The molecule has 0 spiro atoms. The first kappa shape index (κ1) is 14.4. The molecule has 110 valence electrons. The maximum Gasteiger partial charge on any atom is 0.127 e. The third kappa shape index (κ3) is 3.74. The van der Waals surface area contributed by atoms with E-state index in [1.165, 1.54) is 0 Å². The number of rotatable bonds is 5. The molecule has 0 fully saturated rings. The quantitative estimate of drug-likeness (QED) is 0.734. The molecular formula is C20H18O2. The van der Waals surface area contributed by atoms with Crippen molar-refractivity contribution in [1.29, 1.82) is 0 Å². The Bertz CT molecular complexity index is 708. The fraction of sp³-hybridized carbons (Fsp3) is 0.100.